The Balaban J connectivity index is 1.55. The molecule has 6 aromatic rings. The van der Waals surface area contributed by atoms with Crippen LogP contribution < -0.4 is 16.6 Å². The van der Waals surface area contributed by atoms with Gasteiger partial charge in [0.05, 0.1) is 11.9 Å². The van der Waals surface area contributed by atoms with Gasteiger partial charge in [-0.1, -0.05) is 28.9 Å². The van der Waals surface area contributed by atoms with Crippen molar-refractivity contribution < 1.29 is 4.52 Å². The molecule has 2 N–H and O–H groups in total. The molecule has 0 amide bonds. The fourth-order valence-corrected chi connectivity index (χ4v) is 4.91. The average Bonchev–Trinajstić information content (AvgIpc) is 3.55. The highest BCUT2D eigenvalue weighted by molar-refractivity contribution is 6.29. The van der Waals surface area contributed by atoms with Crippen molar-refractivity contribution in [3.63, 3.8) is 0 Å². The summed E-state index contributed by atoms with van der Waals surface area (Å²) >= 11 is 6.14. The van der Waals surface area contributed by atoms with Crippen LogP contribution in [0.5, 0.6) is 0 Å². The summed E-state index contributed by atoms with van der Waals surface area (Å²) in [6.45, 7) is 3.93. The summed E-state index contributed by atoms with van der Waals surface area (Å²) in [6.07, 6.45) is 3.44. The number of fused-ring (bicyclic) bond motifs is 3. The molecule has 190 valence electrons. The van der Waals surface area contributed by atoms with Gasteiger partial charge in [-0.3, -0.25) is 18.9 Å². The number of anilines is 1. The largest absolute Gasteiger partial charge is 0.439 e. The molecule has 5 heterocycles. The van der Waals surface area contributed by atoms with Crippen molar-refractivity contribution in [1.82, 2.24) is 34.5 Å². The molecular weight excluding hydrogens is 508 g/mol. The second-order valence-electron chi connectivity index (χ2n) is 8.96. The Hall–Kier alpha value is -4.77. The van der Waals surface area contributed by atoms with E-state index in [-0.39, 0.29) is 22.6 Å². The molecule has 0 saturated carbocycles. The molecule has 0 aliphatic rings. The number of nitrogens with one attached hydrogen (secondary N) is 2. The van der Waals surface area contributed by atoms with Gasteiger partial charge in [-0.25, -0.2) is 14.8 Å². The minimum absolute atomic E-state index is 0.142. The van der Waals surface area contributed by atoms with Gasteiger partial charge >= 0.3 is 5.76 Å². The van der Waals surface area contributed by atoms with Crippen LogP contribution in [0.25, 0.3) is 39.1 Å². The number of pyridine rings is 3. The average molecular weight is 529 g/mol. The highest BCUT2D eigenvalue weighted by Crippen LogP contribution is 2.34. The monoisotopic (exact) mass is 528 g/mol. The van der Waals surface area contributed by atoms with E-state index in [1.165, 1.54) is 0 Å². The van der Waals surface area contributed by atoms with E-state index < -0.39 is 5.76 Å². The van der Waals surface area contributed by atoms with E-state index in [1.54, 1.807) is 40.8 Å². The Bertz CT molecular complexity index is 1960. The third kappa shape index (κ3) is 3.84. The van der Waals surface area contributed by atoms with E-state index in [2.05, 4.69) is 35.0 Å². The lowest BCUT2D eigenvalue weighted by Gasteiger charge is -2.21. The molecular formula is C26H21ClN8O3. The van der Waals surface area contributed by atoms with Crippen LogP contribution in [-0.2, 0) is 7.05 Å². The van der Waals surface area contributed by atoms with Crippen molar-refractivity contribution in [3.05, 3.63) is 92.0 Å². The second kappa shape index (κ2) is 8.96. The fourth-order valence-electron chi connectivity index (χ4n) is 4.77. The first kappa shape index (κ1) is 23.6. The van der Waals surface area contributed by atoms with Crippen LogP contribution in [-0.4, -0.2) is 34.5 Å². The van der Waals surface area contributed by atoms with Gasteiger partial charge in [0.25, 0.3) is 5.56 Å². The summed E-state index contributed by atoms with van der Waals surface area (Å²) in [4.78, 5) is 36.4. The number of hydrogen-bond donors (Lipinski definition) is 2. The zero-order chi connectivity index (χ0) is 26.6. The fraction of sp³-hybridized carbons (Fsp3) is 0.154. The molecule has 12 heteroatoms. The number of hydrogen-bond acceptors (Lipinski definition) is 8. The molecule has 5 aromatic heterocycles. The SMILES string of the molecule is Cc1cc(C(C)Nc2ccc(Cl)nc2-c2noc(=O)[nH]2)c2c(c1)c(=O)n(C)c1c2cnn1-c1ccccn1. The number of halogens is 1. The van der Waals surface area contributed by atoms with Gasteiger partial charge in [0.15, 0.2) is 5.82 Å². The summed E-state index contributed by atoms with van der Waals surface area (Å²) in [5, 5.41) is 14.2. The van der Waals surface area contributed by atoms with Gasteiger partial charge in [-0.2, -0.15) is 9.78 Å². The summed E-state index contributed by atoms with van der Waals surface area (Å²) < 4.78 is 7.93. The topological polar surface area (TPSA) is 137 Å². The zero-order valence-electron chi connectivity index (χ0n) is 20.6. The van der Waals surface area contributed by atoms with Crippen LogP contribution in [0.2, 0.25) is 5.15 Å². The molecule has 0 spiro atoms. The maximum Gasteiger partial charge on any atom is 0.439 e. The first-order valence-corrected chi connectivity index (χ1v) is 12.1. The third-order valence-electron chi connectivity index (χ3n) is 6.41. The smallest absolute Gasteiger partial charge is 0.377 e. The number of aromatic amines is 1. The summed E-state index contributed by atoms with van der Waals surface area (Å²) in [5.74, 6) is 0.0537. The molecule has 1 unspecified atom stereocenters. The molecule has 1 aromatic carbocycles. The highest BCUT2D eigenvalue weighted by atomic mass is 35.5. The van der Waals surface area contributed by atoms with Crippen LogP contribution in [0.4, 0.5) is 5.69 Å². The molecule has 38 heavy (non-hydrogen) atoms. The van der Waals surface area contributed by atoms with E-state index in [0.29, 0.717) is 28.2 Å². The molecule has 0 radical (unpaired) electrons. The van der Waals surface area contributed by atoms with E-state index in [1.807, 2.05) is 44.2 Å². The Morgan fingerprint density at radius 2 is 1.97 bits per heavy atom. The number of rotatable bonds is 5. The Labute approximate surface area is 219 Å². The predicted molar refractivity (Wildman–Crippen MR) is 144 cm³/mol. The quantitative estimate of drug-likeness (QED) is 0.318. The van der Waals surface area contributed by atoms with E-state index in [4.69, 9.17) is 11.6 Å². The van der Waals surface area contributed by atoms with Crippen LogP contribution in [0, 0.1) is 6.92 Å². The van der Waals surface area contributed by atoms with Crippen LogP contribution in [0.15, 0.2) is 69.0 Å². The van der Waals surface area contributed by atoms with E-state index >= 15 is 0 Å². The van der Waals surface area contributed by atoms with Gasteiger partial charge < -0.3 is 5.32 Å². The molecule has 11 nitrogen and oxygen atoms in total. The third-order valence-corrected chi connectivity index (χ3v) is 6.62. The van der Waals surface area contributed by atoms with E-state index in [0.717, 1.165) is 21.9 Å². The van der Waals surface area contributed by atoms with Gasteiger partial charge in [0.1, 0.15) is 16.5 Å². The van der Waals surface area contributed by atoms with E-state index in [9.17, 15) is 9.59 Å². The minimum atomic E-state index is -0.700. The van der Waals surface area contributed by atoms with Gasteiger partial charge in [0, 0.05) is 35.4 Å². The molecule has 0 bridgehead atoms. The number of aromatic nitrogens is 7. The Morgan fingerprint density at radius 1 is 1.13 bits per heavy atom. The molecule has 0 aliphatic carbocycles. The normalized spacial score (nSPS) is 12.3. The first-order valence-electron chi connectivity index (χ1n) is 11.7. The maximum atomic E-state index is 13.6. The molecule has 0 saturated heterocycles. The number of aryl methyl sites for hydroxylation is 2. The maximum absolute atomic E-state index is 13.6. The lowest BCUT2D eigenvalue weighted by molar-refractivity contribution is 0.388. The minimum Gasteiger partial charge on any atom is -0.377 e. The Morgan fingerprint density at radius 3 is 2.71 bits per heavy atom. The number of nitrogens with zero attached hydrogens (tertiary/aromatic N) is 6. The molecule has 1 atom stereocenters. The molecule has 0 aliphatic heterocycles. The molecule has 6 rings (SSSR count). The van der Waals surface area contributed by atoms with Gasteiger partial charge in [0.2, 0.25) is 5.82 Å². The number of H-pyrrole nitrogens is 1. The standard InChI is InChI=1S/C26H21ClN8O3/c1-13-10-15(14(2)30-18-7-8-19(27)31-22(18)23-32-26(37)38-33-23)21-16(11-13)25(36)34(3)24-17(21)12-29-35(24)20-6-4-5-9-28-20/h4-12,14,30H,1-3H3,(H,32,33,37). The van der Waals surface area contributed by atoms with Gasteiger partial charge in [-0.15, -0.1) is 0 Å². The predicted octanol–water partition coefficient (Wildman–Crippen LogP) is 4.15. The highest BCUT2D eigenvalue weighted by Gasteiger charge is 2.22. The Kier molecular flexibility index (Phi) is 5.57. The zero-order valence-corrected chi connectivity index (χ0v) is 21.3. The summed E-state index contributed by atoms with van der Waals surface area (Å²) in [7, 11) is 1.74. The van der Waals surface area contributed by atoms with Crippen molar-refractivity contribution in [2.45, 2.75) is 19.9 Å². The van der Waals surface area contributed by atoms with Crippen molar-refractivity contribution in [3.8, 4) is 17.3 Å². The summed E-state index contributed by atoms with van der Waals surface area (Å²) in [5.41, 5.74) is 3.22. The second-order valence-corrected chi connectivity index (χ2v) is 9.35. The van der Waals surface area contributed by atoms with Crippen LogP contribution in [0.3, 0.4) is 0 Å². The first-order chi connectivity index (χ1) is 18.3. The lowest BCUT2D eigenvalue weighted by Crippen LogP contribution is -2.20. The van der Waals surface area contributed by atoms with Gasteiger partial charge in [-0.05, 0) is 55.3 Å². The number of benzene rings is 1. The lowest BCUT2D eigenvalue weighted by atomic mass is 9.95. The van der Waals surface area contributed by atoms with Crippen LogP contribution >= 0.6 is 11.6 Å². The summed E-state index contributed by atoms with van der Waals surface area (Å²) in [6, 6.07) is 12.6. The van der Waals surface area contributed by atoms with Crippen LogP contribution in [0.1, 0.15) is 24.1 Å². The van der Waals surface area contributed by atoms with Crippen molar-refractivity contribution in [2.24, 2.45) is 7.05 Å². The van der Waals surface area contributed by atoms with Crippen molar-refractivity contribution in [2.75, 3.05) is 5.32 Å². The molecule has 0 fully saturated rings. The van der Waals surface area contributed by atoms with Crippen molar-refractivity contribution in [1.29, 1.82) is 0 Å². The van der Waals surface area contributed by atoms with Crippen molar-refractivity contribution >= 4 is 39.1 Å².